The van der Waals surface area contributed by atoms with E-state index in [0.717, 1.165) is 0 Å². The molecule has 0 aliphatic heterocycles. The number of para-hydroxylation sites is 1. The highest BCUT2D eigenvalue weighted by Crippen LogP contribution is 2.21. The Morgan fingerprint density at radius 3 is 2.12 bits per heavy atom. The number of hydrogen-bond acceptors (Lipinski definition) is 4. The van der Waals surface area contributed by atoms with E-state index in [1.54, 1.807) is 0 Å². The van der Waals surface area contributed by atoms with Crippen LogP contribution in [0.4, 0.5) is 5.69 Å². The van der Waals surface area contributed by atoms with Gasteiger partial charge in [-0.25, -0.2) is 22.0 Å². The Morgan fingerprint density at radius 2 is 1.65 bits per heavy atom. The second-order valence-electron chi connectivity index (χ2n) is 3.74. The van der Waals surface area contributed by atoms with Crippen molar-refractivity contribution in [2.75, 3.05) is 4.72 Å². The van der Waals surface area contributed by atoms with Gasteiger partial charge in [-0.05, 0) is 26.0 Å². The molecule has 0 saturated heterocycles. The lowest BCUT2D eigenvalue weighted by molar-refractivity contribution is 0.592. The van der Waals surface area contributed by atoms with E-state index in [1.807, 2.05) is 0 Å². The summed E-state index contributed by atoms with van der Waals surface area (Å²) in [7, 11) is -7.56. The Balaban J connectivity index is 3.27. The first-order valence-corrected chi connectivity index (χ1v) is 7.87. The molecule has 0 amide bonds. The minimum absolute atomic E-state index is 0.0382. The first kappa shape index (κ1) is 13.9. The number of benzene rings is 1. The van der Waals surface area contributed by atoms with Crippen LogP contribution in [0.2, 0.25) is 0 Å². The van der Waals surface area contributed by atoms with Gasteiger partial charge < -0.3 is 0 Å². The zero-order valence-corrected chi connectivity index (χ0v) is 11.0. The fraction of sp³-hybridized carbons (Fsp3) is 0.333. The summed E-state index contributed by atoms with van der Waals surface area (Å²) < 4.78 is 48.0. The summed E-state index contributed by atoms with van der Waals surface area (Å²) in [5.74, 6) is 0. The first-order chi connectivity index (χ1) is 7.64. The Morgan fingerprint density at radius 1 is 1.12 bits per heavy atom. The molecule has 3 N–H and O–H groups in total. The predicted molar refractivity (Wildman–Crippen MR) is 65.5 cm³/mol. The molecule has 0 aliphatic carbocycles. The second-order valence-corrected chi connectivity index (χ2v) is 7.50. The van der Waals surface area contributed by atoms with Gasteiger partial charge >= 0.3 is 0 Å². The molecule has 17 heavy (non-hydrogen) atoms. The highest BCUT2D eigenvalue weighted by molar-refractivity contribution is 7.93. The summed E-state index contributed by atoms with van der Waals surface area (Å²) in [6, 6.07) is 5.58. The number of primary sulfonamides is 1. The van der Waals surface area contributed by atoms with Crippen molar-refractivity contribution in [2.45, 2.75) is 24.0 Å². The molecule has 0 aliphatic rings. The van der Waals surface area contributed by atoms with Gasteiger partial charge in [-0.3, -0.25) is 4.72 Å². The van der Waals surface area contributed by atoms with Gasteiger partial charge in [-0.1, -0.05) is 12.1 Å². The quantitative estimate of drug-likeness (QED) is 0.835. The minimum atomic E-state index is -3.96. The molecule has 6 nitrogen and oxygen atoms in total. The van der Waals surface area contributed by atoms with Crippen LogP contribution < -0.4 is 9.86 Å². The van der Waals surface area contributed by atoms with Crippen LogP contribution in [0, 0.1) is 0 Å². The van der Waals surface area contributed by atoms with Crippen LogP contribution in [0.5, 0.6) is 0 Å². The molecule has 0 radical (unpaired) electrons. The van der Waals surface area contributed by atoms with Crippen molar-refractivity contribution in [3.8, 4) is 0 Å². The Hall–Kier alpha value is -1.12. The predicted octanol–water partition coefficient (Wildman–Crippen LogP) is 0.484. The number of rotatable bonds is 4. The van der Waals surface area contributed by atoms with Crippen molar-refractivity contribution in [1.29, 1.82) is 0 Å². The van der Waals surface area contributed by atoms with E-state index in [0.29, 0.717) is 0 Å². The third-order valence-electron chi connectivity index (χ3n) is 2.07. The maximum Gasteiger partial charge on any atom is 0.240 e. The molecule has 0 unspecified atom stereocenters. The zero-order valence-electron chi connectivity index (χ0n) is 9.41. The van der Waals surface area contributed by atoms with E-state index in [2.05, 4.69) is 4.72 Å². The fourth-order valence-corrected chi connectivity index (χ4v) is 2.55. The Kier molecular flexibility index (Phi) is 3.80. The topological polar surface area (TPSA) is 106 Å². The fourth-order valence-electron chi connectivity index (χ4n) is 1.07. The van der Waals surface area contributed by atoms with Crippen LogP contribution in [0.25, 0.3) is 0 Å². The zero-order chi connectivity index (χ0) is 13.3. The third kappa shape index (κ3) is 3.42. The van der Waals surface area contributed by atoms with Gasteiger partial charge in [0.25, 0.3) is 0 Å². The van der Waals surface area contributed by atoms with E-state index in [1.165, 1.54) is 38.1 Å². The lowest BCUT2D eigenvalue weighted by Gasteiger charge is -2.13. The van der Waals surface area contributed by atoms with Crippen molar-refractivity contribution in [3.63, 3.8) is 0 Å². The molecule has 1 aromatic rings. The molecular formula is C9H14N2O4S2. The highest BCUT2D eigenvalue weighted by atomic mass is 32.2. The summed E-state index contributed by atoms with van der Waals surface area (Å²) in [5.41, 5.74) is -0.0382. The molecule has 0 aromatic heterocycles. The standard InChI is InChI=1S/C9H14N2O4S2/c1-7(2)17(14,15)11-8-5-3-4-6-9(8)16(10,12)13/h3-7,11H,1-2H3,(H2,10,12,13). The number of sulfonamides is 2. The second kappa shape index (κ2) is 4.63. The molecule has 1 aromatic carbocycles. The monoisotopic (exact) mass is 278 g/mol. The maximum absolute atomic E-state index is 11.6. The first-order valence-electron chi connectivity index (χ1n) is 4.78. The minimum Gasteiger partial charge on any atom is -0.282 e. The number of nitrogens with two attached hydrogens (primary N) is 1. The van der Waals surface area contributed by atoms with E-state index < -0.39 is 25.3 Å². The van der Waals surface area contributed by atoms with Crippen molar-refractivity contribution >= 4 is 25.7 Å². The largest absolute Gasteiger partial charge is 0.282 e. The number of nitrogens with one attached hydrogen (secondary N) is 1. The van der Waals surface area contributed by atoms with Crippen LogP contribution in [-0.4, -0.2) is 22.1 Å². The van der Waals surface area contributed by atoms with Gasteiger partial charge in [0.05, 0.1) is 10.9 Å². The van der Waals surface area contributed by atoms with Crippen LogP contribution >= 0.6 is 0 Å². The average molecular weight is 278 g/mol. The van der Waals surface area contributed by atoms with Crippen LogP contribution in [-0.2, 0) is 20.0 Å². The SMILES string of the molecule is CC(C)S(=O)(=O)Nc1ccccc1S(N)(=O)=O. The van der Waals surface area contributed by atoms with Gasteiger partial charge in [0.1, 0.15) is 4.90 Å². The molecule has 0 saturated carbocycles. The van der Waals surface area contributed by atoms with Crippen molar-refractivity contribution in [1.82, 2.24) is 0 Å². The van der Waals surface area contributed by atoms with Crippen LogP contribution in [0.1, 0.15) is 13.8 Å². The van der Waals surface area contributed by atoms with Crippen molar-refractivity contribution < 1.29 is 16.8 Å². The van der Waals surface area contributed by atoms with E-state index in [4.69, 9.17) is 5.14 Å². The molecular weight excluding hydrogens is 264 g/mol. The summed E-state index contributed by atoms with van der Waals surface area (Å²) in [5, 5.41) is 4.32. The molecule has 8 heteroatoms. The Bertz CT molecular complexity index is 606. The van der Waals surface area contributed by atoms with Crippen LogP contribution in [0.15, 0.2) is 29.2 Å². The van der Waals surface area contributed by atoms with Crippen LogP contribution in [0.3, 0.4) is 0 Å². The van der Waals surface area contributed by atoms with Crippen molar-refractivity contribution in [3.05, 3.63) is 24.3 Å². The number of anilines is 1. The van der Waals surface area contributed by atoms with Gasteiger partial charge in [0, 0.05) is 0 Å². The number of hydrogen-bond donors (Lipinski definition) is 2. The molecule has 1 rings (SSSR count). The normalized spacial score (nSPS) is 12.7. The van der Waals surface area contributed by atoms with E-state index >= 15 is 0 Å². The molecule has 0 heterocycles. The molecule has 0 fully saturated rings. The molecule has 0 bridgehead atoms. The van der Waals surface area contributed by atoms with Crippen molar-refractivity contribution in [2.24, 2.45) is 5.14 Å². The van der Waals surface area contributed by atoms with Gasteiger partial charge in [0.2, 0.25) is 20.0 Å². The average Bonchev–Trinajstić information content (AvgIpc) is 2.15. The Labute approximate surface area is 101 Å². The van der Waals surface area contributed by atoms with E-state index in [9.17, 15) is 16.8 Å². The summed E-state index contributed by atoms with van der Waals surface area (Å²) in [6.45, 7) is 2.98. The summed E-state index contributed by atoms with van der Waals surface area (Å²) >= 11 is 0. The van der Waals surface area contributed by atoms with E-state index in [-0.39, 0.29) is 10.6 Å². The lowest BCUT2D eigenvalue weighted by atomic mass is 10.3. The molecule has 96 valence electrons. The highest BCUT2D eigenvalue weighted by Gasteiger charge is 2.20. The third-order valence-corrected chi connectivity index (χ3v) is 4.78. The summed E-state index contributed by atoms with van der Waals surface area (Å²) in [4.78, 5) is -0.246. The maximum atomic E-state index is 11.6. The van der Waals surface area contributed by atoms with Gasteiger partial charge in [-0.2, -0.15) is 0 Å². The van der Waals surface area contributed by atoms with Gasteiger partial charge in [-0.15, -0.1) is 0 Å². The molecule has 0 spiro atoms. The summed E-state index contributed by atoms with van der Waals surface area (Å²) in [6.07, 6.45) is 0. The molecule has 0 atom stereocenters. The van der Waals surface area contributed by atoms with Gasteiger partial charge in [0.15, 0.2) is 0 Å². The lowest BCUT2D eigenvalue weighted by Crippen LogP contribution is -2.24. The smallest absolute Gasteiger partial charge is 0.240 e.